The average molecular weight is 328 g/mol. The zero-order chi connectivity index (χ0) is 16.7. The van der Waals surface area contributed by atoms with Crippen LogP contribution in [0.2, 0.25) is 0 Å². The van der Waals surface area contributed by atoms with E-state index in [1.165, 1.54) is 6.33 Å². The van der Waals surface area contributed by atoms with Crippen molar-refractivity contribution in [1.82, 2.24) is 19.9 Å². The summed E-state index contributed by atoms with van der Waals surface area (Å²) in [7, 11) is 1.91. The number of aromatic nitrogens is 4. The lowest BCUT2D eigenvalue weighted by Gasteiger charge is -2.45. The van der Waals surface area contributed by atoms with E-state index in [2.05, 4.69) is 24.8 Å². The Balaban J connectivity index is 1.47. The molecule has 0 N–H and O–H groups in total. The largest absolute Gasteiger partial charge is 0.352 e. The van der Waals surface area contributed by atoms with E-state index in [1.54, 1.807) is 6.33 Å². The molecule has 0 aromatic carbocycles. The molecule has 2 fully saturated rings. The molecule has 1 saturated carbocycles. The zero-order valence-electron chi connectivity index (χ0n) is 14.0. The lowest BCUT2D eigenvalue weighted by Crippen LogP contribution is -2.59. The van der Waals surface area contributed by atoms with Gasteiger partial charge in [-0.2, -0.15) is 0 Å². The number of hydrogen-bond donors (Lipinski definition) is 0. The van der Waals surface area contributed by atoms with Crippen LogP contribution in [-0.2, 0) is 0 Å². The van der Waals surface area contributed by atoms with Gasteiger partial charge < -0.3 is 9.80 Å². The summed E-state index contributed by atoms with van der Waals surface area (Å²) in [5.41, 5.74) is 1.53. The van der Waals surface area contributed by atoms with Gasteiger partial charge in [0.15, 0.2) is 11.6 Å². The van der Waals surface area contributed by atoms with E-state index in [9.17, 15) is 4.39 Å². The first-order chi connectivity index (χ1) is 11.6. The molecular weight excluding hydrogens is 307 g/mol. The molecule has 0 atom stereocenters. The molecule has 126 valence electrons. The maximum Gasteiger partial charge on any atom is 0.187 e. The van der Waals surface area contributed by atoms with Crippen LogP contribution in [0.25, 0.3) is 0 Å². The number of likely N-dealkylation sites (N-methyl/N-ethyl adjacent to an activating group) is 1. The van der Waals surface area contributed by atoms with E-state index in [0.29, 0.717) is 11.5 Å². The van der Waals surface area contributed by atoms with Gasteiger partial charge in [-0.1, -0.05) is 6.42 Å². The van der Waals surface area contributed by atoms with Crippen molar-refractivity contribution in [1.29, 1.82) is 0 Å². The number of rotatable bonds is 4. The summed E-state index contributed by atoms with van der Waals surface area (Å²) in [5, 5.41) is 0. The molecule has 0 bridgehead atoms. The molecule has 4 rings (SSSR count). The van der Waals surface area contributed by atoms with E-state index < -0.39 is 0 Å². The molecule has 1 aliphatic heterocycles. The highest BCUT2D eigenvalue weighted by Crippen LogP contribution is 2.38. The molecule has 0 radical (unpaired) electrons. The van der Waals surface area contributed by atoms with Crippen LogP contribution in [0.3, 0.4) is 0 Å². The van der Waals surface area contributed by atoms with Crippen LogP contribution >= 0.6 is 0 Å². The summed E-state index contributed by atoms with van der Waals surface area (Å²) in [6, 6.07) is 2.19. The second-order valence-corrected chi connectivity index (χ2v) is 6.71. The zero-order valence-corrected chi connectivity index (χ0v) is 14.0. The van der Waals surface area contributed by atoms with E-state index >= 15 is 0 Å². The van der Waals surface area contributed by atoms with Crippen molar-refractivity contribution in [2.75, 3.05) is 29.9 Å². The third kappa shape index (κ3) is 2.57. The number of anilines is 2. The molecule has 2 aliphatic rings. The Morgan fingerprint density at radius 1 is 1.12 bits per heavy atom. The normalized spacial score (nSPS) is 18.2. The Morgan fingerprint density at radius 3 is 2.54 bits per heavy atom. The second kappa shape index (κ2) is 5.96. The van der Waals surface area contributed by atoms with Crippen molar-refractivity contribution in [2.24, 2.45) is 0 Å². The van der Waals surface area contributed by atoms with E-state index in [0.717, 1.165) is 43.9 Å². The highest BCUT2D eigenvalue weighted by Gasteiger charge is 2.34. The fourth-order valence-corrected chi connectivity index (χ4v) is 3.26. The Morgan fingerprint density at radius 2 is 1.88 bits per heavy atom. The molecule has 1 aliphatic carbocycles. The molecule has 7 heteroatoms. The first-order valence-electron chi connectivity index (χ1n) is 8.40. The van der Waals surface area contributed by atoms with Crippen molar-refractivity contribution in [3.8, 4) is 0 Å². The topological polar surface area (TPSA) is 58.0 Å². The van der Waals surface area contributed by atoms with Crippen LogP contribution in [0, 0.1) is 12.7 Å². The molecule has 1 saturated heterocycles. The third-order valence-corrected chi connectivity index (χ3v) is 5.15. The van der Waals surface area contributed by atoms with Gasteiger partial charge in [-0.05, 0) is 19.8 Å². The summed E-state index contributed by atoms with van der Waals surface area (Å²) in [5.74, 6) is 1.35. The minimum absolute atomic E-state index is 0.221. The lowest BCUT2D eigenvalue weighted by molar-refractivity contribution is 0.391. The monoisotopic (exact) mass is 328 g/mol. The average Bonchev–Trinajstić information content (AvgIpc) is 2.46. The number of halogens is 1. The summed E-state index contributed by atoms with van der Waals surface area (Å²) < 4.78 is 14.8. The third-order valence-electron chi connectivity index (χ3n) is 5.15. The molecule has 0 amide bonds. The maximum atomic E-state index is 14.8. The first-order valence-corrected chi connectivity index (χ1v) is 8.40. The number of nitrogens with zero attached hydrogens (tertiary/aromatic N) is 6. The maximum absolute atomic E-state index is 14.8. The molecule has 2 aromatic rings. The summed E-state index contributed by atoms with van der Waals surface area (Å²) in [6.07, 6.45) is 6.29. The fourth-order valence-electron chi connectivity index (χ4n) is 3.26. The van der Waals surface area contributed by atoms with E-state index in [1.807, 2.05) is 24.9 Å². The van der Waals surface area contributed by atoms with Crippen LogP contribution in [0.15, 0.2) is 18.7 Å². The Hall–Kier alpha value is -2.31. The molecule has 0 spiro atoms. The van der Waals surface area contributed by atoms with Gasteiger partial charge in [-0.3, -0.25) is 0 Å². The molecule has 3 heterocycles. The molecule has 0 unspecified atom stereocenters. The van der Waals surface area contributed by atoms with E-state index in [-0.39, 0.29) is 17.8 Å². The Bertz CT molecular complexity index is 742. The quantitative estimate of drug-likeness (QED) is 0.858. The van der Waals surface area contributed by atoms with Gasteiger partial charge in [-0.25, -0.2) is 24.3 Å². The van der Waals surface area contributed by atoms with Crippen molar-refractivity contribution < 1.29 is 4.39 Å². The van der Waals surface area contributed by atoms with Crippen LogP contribution in [0.5, 0.6) is 0 Å². The molecule has 6 nitrogen and oxygen atoms in total. The predicted octanol–water partition coefficient (Wildman–Crippen LogP) is 2.31. The van der Waals surface area contributed by atoms with Crippen molar-refractivity contribution in [3.63, 3.8) is 0 Å². The van der Waals surface area contributed by atoms with Gasteiger partial charge in [0.2, 0.25) is 0 Å². The van der Waals surface area contributed by atoms with Crippen LogP contribution in [0.4, 0.5) is 16.0 Å². The van der Waals surface area contributed by atoms with Crippen LogP contribution in [0.1, 0.15) is 36.6 Å². The first kappa shape index (κ1) is 15.2. The molecular formula is C17H21FN6. The van der Waals surface area contributed by atoms with Gasteiger partial charge in [0.25, 0.3) is 0 Å². The van der Waals surface area contributed by atoms with Crippen molar-refractivity contribution in [3.05, 3.63) is 35.9 Å². The SMILES string of the molecule is Cc1cc(N2CC(N(C)c3ncnc(C4CCC4)c3F)C2)ncn1. The Kier molecular flexibility index (Phi) is 3.78. The minimum Gasteiger partial charge on any atom is -0.352 e. The second-order valence-electron chi connectivity index (χ2n) is 6.71. The van der Waals surface area contributed by atoms with Gasteiger partial charge in [0, 0.05) is 37.8 Å². The summed E-state index contributed by atoms with van der Waals surface area (Å²) in [6.45, 7) is 3.55. The highest BCUT2D eigenvalue weighted by molar-refractivity contribution is 5.49. The van der Waals surface area contributed by atoms with Crippen molar-refractivity contribution in [2.45, 2.75) is 38.1 Å². The summed E-state index contributed by atoms with van der Waals surface area (Å²) in [4.78, 5) is 20.9. The van der Waals surface area contributed by atoms with Gasteiger partial charge in [0.05, 0.1) is 11.7 Å². The van der Waals surface area contributed by atoms with Gasteiger partial charge in [-0.15, -0.1) is 0 Å². The van der Waals surface area contributed by atoms with Gasteiger partial charge >= 0.3 is 0 Å². The van der Waals surface area contributed by atoms with Crippen molar-refractivity contribution >= 4 is 11.6 Å². The smallest absolute Gasteiger partial charge is 0.187 e. The molecule has 2 aromatic heterocycles. The van der Waals surface area contributed by atoms with Crippen LogP contribution in [-0.4, -0.2) is 46.1 Å². The standard InChI is InChI=1S/C17H21FN6/c1-11-6-14(20-9-19-11)24-7-13(8-24)23(2)17-15(18)16(21-10-22-17)12-4-3-5-12/h6,9-10,12-13H,3-5,7-8H2,1-2H3. The molecule has 24 heavy (non-hydrogen) atoms. The lowest BCUT2D eigenvalue weighted by atomic mass is 9.82. The number of aryl methyl sites for hydroxylation is 1. The van der Waals surface area contributed by atoms with Crippen LogP contribution < -0.4 is 9.80 Å². The van der Waals surface area contributed by atoms with E-state index in [4.69, 9.17) is 0 Å². The predicted molar refractivity (Wildman–Crippen MR) is 89.8 cm³/mol. The summed E-state index contributed by atoms with van der Waals surface area (Å²) >= 11 is 0. The Labute approximate surface area is 140 Å². The fraction of sp³-hybridized carbons (Fsp3) is 0.529. The van der Waals surface area contributed by atoms with Gasteiger partial charge in [0.1, 0.15) is 18.5 Å². The number of hydrogen-bond acceptors (Lipinski definition) is 6. The highest BCUT2D eigenvalue weighted by atomic mass is 19.1. The minimum atomic E-state index is -0.249.